The molecule has 0 saturated heterocycles. The zero-order valence-corrected chi connectivity index (χ0v) is 7.02. The maximum atomic E-state index is 11.6. The molecule has 0 radical (unpaired) electrons. The van der Waals surface area contributed by atoms with Crippen molar-refractivity contribution in [2.24, 2.45) is 0 Å². The van der Waals surface area contributed by atoms with Gasteiger partial charge in [-0.3, -0.25) is 0 Å². The van der Waals surface area contributed by atoms with Crippen LogP contribution >= 0.6 is 12.4 Å². The van der Waals surface area contributed by atoms with Crippen molar-refractivity contribution in [1.29, 1.82) is 0 Å². The summed E-state index contributed by atoms with van der Waals surface area (Å²) in [6.45, 7) is 0. The molecule has 0 amide bonds. The zero-order valence-electron chi connectivity index (χ0n) is 6.21. The van der Waals surface area contributed by atoms with E-state index in [-0.39, 0.29) is 18.2 Å². The number of hydrogen-bond donors (Lipinski definition) is 1. The zero-order chi connectivity index (χ0) is 9.19. The highest BCUT2D eigenvalue weighted by molar-refractivity contribution is 5.85. The Morgan fingerprint density at radius 1 is 1.38 bits per heavy atom. The number of ether oxygens (including phenoxy) is 1. The van der Waals surface area contributed by atoms with Gasteiger partial charge in [0, 0.05) is 6.20 Å². The average molecular weight is 215 g/mol. The van der Waals surface area contributed by atoms with Crippen LogP contribution in [0.25, 0.3) is 0 Å². The minimum Gasteiger partial charge on any atom is -0.402 e. The van der Waals surface area contributed by atoms with E-state index in [0.29, 0.717) is 0 Å². The van der Waals surface area contributed by atoms with Crippen molar-refractivity contribution in [3.63, 3.8) is 0 Å². The summed E-state index contributed by atoms with van der Waals surface area (Å²) < 4.78 is 38.4. The Bertz CT molecular complexity index is 279. The van der Waals surface area contributed by atoms with Gasteiger partial charge >= 0.3 is 6.36 Å². The number of hydrogen-bond acceptors (Lipinski definition) is 3. The van der Waals surface area contributed by atoms with E-state index in [9.17, 15) is 13.2 Å². The minimum absolute atomic E-state index is 0. The molecule has 3 nitrogen and oxygen atoms in total. The first-order valence-electron chi connectivity index (χ1n) is 2.95. The third kappa shape index (κ3) is 3.84. The molecule has 0 bridgehead atoms. The maximum absolute atomic E-state index is 11.6. The fourth-order valence-electron chi connectivity index (χ4n) is 0.614. The van der Waals surface area contributed by atoms with E-state index in [2.05, 4.69) is 9.72 Å². The number of rotatable bonds is 1. The smallest absolute Gasteiger partial charge is 0.402 e. The summed E-state index contributed by atoms with van der Waals surface area (Å²) in [5, 5.41) is 0. The highest BCUT2D eigenvalue weighted by atomic mass is 35.5. The number of anilines is 1. The Balaban J connectivity index is 0.00000144. The van der Waals surface area contributed by atoms with Gasteiger partial charge in [0.1, 0.15) is 0 Å². The van der Waals surface area contributed by atoms with Gasteiger partial charge in [-0.1, -0.05) is 0 Å². The van der Waals surface area contributed by atoms with Gasteiger partial charge in [0.15, 0.2) is 11.6 Å². The van der Waals surface area contributed by atoms with Crippen LogP contribution < -0.4 is 10.5 Å². The SMILES string of the molecule is Cl.Nc1ncccc1OC(F)(F)F. The third-order valence-corrected chi connectivity index (χ3v) is 1.03. The van der Waals surface area contributed by atoms with Crippen LogP contribution in [0.4, 0.5) is 19.0 Å². The van der Waals surface area contributed by atoms with Crippen molar-refractivity contribution in [1.82, 2.24) is 4.98 Å². The van der Waals surface area contributed by atoms with Crippen LogP contribution in [0.1, 0.15) is 0 Å². The molecule has 0 aliphatic rings. The Kier molecular flexibility index (Phi) is 3.80. The van der Waals surface area contributed by atoms with Gasteiger partial charge in [0.2, 0.25) is 0 Å². The average Bonchev–Trinajstić information content (AvgIpc) is 1.91. The molecule has 1 aromatic heterocycles. The monoisotopic (exact) mass is 214 g/mol. The van der Waals surface area contributed by atoms with Crippen LogP contribution in [-0.4, -0.2) is 11.3 Å². The van der Waals surface area contributed by atoms with E-state index < -0.39 is 12.1 Å². The van der Waals surface area contributed by atoms with E-state index in [0.717, 1.165) is 6.07 Å². The number of alkyl halides is 3. The first-order chi connectivity index (χ1) is 5.49. The number of aromatic nitrogens is 1. The van der Waals surface area contributed by atoms with Gasteiger partial charge in [-0.05, 0) is 12.1 Å². The Morgan fingerprint density at radius 2 is 2.00 bits per heavy atom. The predicted octanol–water partition coefficient (Wildman–Crippen LogP) is 1.98. The molecule has 0 unspecified atom stereocenters. The lowest BCUT2D eigenvalue weighted by Crippen LogP contribution is -2.18. The first kappa shape index (κ1) is 11.8. The second kappa shape index (κ2) is 4.18. The molecule has 7 heteroatoms. The van der Waals surface area contributed by atoms with E-state index in [1.54, 1.807) is 0 Å². The van der Waals surface area contributed by atoms with Crippen LogP contribution in [0, 0.1) is 0 Å². The highest BCUT2D eigenvalue weighted by Crippen LogP contribution is 2.25. The van der Waals surface area contributed by atoms with Gasteiger partial charge in [-0.15, -0.1) is 25.6 Å². The maximum Gasteiger partial charge on any atom is 0.573 e. The lowest BCUT2D eigenvalue weighted by atomic mass is 10.4. The quantitative estimate of drug-likeness (QED) is 0.778. The predicted molar refractivity (Wildman–Crippen MR) is 42.6 cm³/mol. The molecule has 0 aliphatic carbocycles. The van der Waals surface area contributed by atoms with Crippen molar-refractivity contribution in [2.45, 2.75) is 6.36 Å². The van der Waals surface area contributed by atoms with Crippen molar-refractivity contribution in [3.05, 3.63) is 18.3 Å². The van der Waals surface area contributed by atoms with Crippen molar-refractivity contribution in [3.8, 4) is 5.75 Å². The number of pyridine rings is 1. The third-order valence-electron chi connectivity index (χ3n) is 1.03. The molecule has 74 valence electrons. The van der Waals surface area contributed by atoms with Gasteiger partial charge < -0.3 is 10.5 Å². The summed E-state index contributed by atoms with van der Waals surface area (Å²) in [6.07, 6.45) is -3.45. The van der Waals surface area contributed by atoms with Crippen molar-refractivity contribution in [2.75, 3.05) is 5.73 Å². The molecule has 0 saturated carbocycles. The van der Waals surface area contributed by atoms with E-state index in [1.807, 2.05) is 0 Å². The molecular formula is C6H6ClF3N2O. The molecular weight excluding hydrogens is 209 g/mol. The van der Waals surface area contributed by atoms with Gasteiger partial charge in [-0.25, -0.2) is 4.98 Å². The fourth-order valence-corrected chi connectivity index (χ4v) is 0.614. The van der Waals surface area contributed by atoms with Gasteiger partial charge in [0.25, 0.3) is 0 Å². The molecule has 0 fully saturated rings. The summed E-state index contributed by atoms with van der Waals surface area (Å²) >= 11 is 0. The Morgan fingerprint density at radius 3 is 2.46 bits per heavy atom. The second-order valence-corrected chi connectivity index (χ2v) is 1.93. The molecule has 1 aromatic rings. The number of nitrogens with two attached hydrogens (primary N) is 1. The standard InChI is InChI=1S/C6H5F3N2O.ClH/c7-6(8,9)12-4-2-1-3-11-5(4)10;/h1-3H,(H2,10,11);1H. The molecule has 13 heavy (non-hydrogen) atoms. The van der Waals surface area contributed by atoms with E-state index in [4.69, 9.17) is 5.73 Å². The topological polar surface area (TPSA) is 48.1 Å². The Labute approximate surface area is 78.1 Å². The van der Waals surface area contributed by atoms with Crippen molar-refractivity contribution < 1.29 is 17.9 Å². The molecule has 1 rings (SSSR count). The normalized spacial score (nSPS) is 10.4. The summed E-state index contributed by atoms with van der Waals surface area (Å²) in [5.74, 6) is -0.764. The lowest BCUT2D eigenvalue weighted by molar-refractivity contribution is -0.274. The van der Waals surface area contributed by atoms with E-state index >= 15 is 0 Å². The summed E-state index contributed by atoms with van der Waals surface area (Å²) in [7, 11) is 0. The molecule has 0 aliphatic heterocycles. The lowest BCUT2D eigenvalue weighted by Gasteiger charge is -2.09. The second-order valence-electron chi connectivity index (χ2n) is 1.93. The highest BCUT2D eigenvalue weighted by Gasteiger charge is 2.31. The molecule has 0 atom stereocenters. The molecule has 0 aromatic carbocycles. The largest absolute Gasteiger partial charge is 0.573 e. The number of nitrogens with zero attached hydrogens (tertiary/aromatic N) is 1. The fraction of sp³-hybridized carbons (Fsp3) is 0.167. The van der Waals surface area contributed by atoms with Crippen LogP contribution in [0.2, 0.25) is 0 Å². The Hall–Kier alpha value is -1.17. The summed E-state index contributed by atoms with van der Waals surface area (Å²) in [6, 6.07) is 2.40. The molecule has 2 N–H and O–H groups in total. The first-order valence-corrected chi connectivity index (χ1v) is 2.95. The van der Waals surface area contributed by atoms with Gasteiger partial charge in [0.05, 0.1) is 0 Å². The molecule has 0 spiro atoms. The summed E-state index contributed by atoms with van der Waals surface area (Å²) in [4.78, 5) is 3.42. The van der Waals surface area contributed by atoms with Crippen LogP contribution in [0.15, 0.2) is 18.3 Å². The van der Waals surface area contributed by atoms with Crippen molar-refractivity contribution >= 4 is 18.2 Å². The number of nitrogen functional groups attached to an aromatic ring is 1. The van der Waals surface area contributed by atoms with Crippen LogP contribution in [0.3, 0.4) is 0 Å². The van der Waals surface area contributed by atoms with E-state index in [1.165, 1.54) is 12.3 Å². The minimum atomic E-state index is -4.73. The molecule has 1 heterocycles. The summed E-state index contributed by atoms with van der Waals surface area (Å²) in [5.41, 5.74) is 5.09. The van der Waals surface area contributed by atoms with Gasteiger partial charge in [-0.2, -0.15) is 0 Å². The van der Waals surface area contributed by atoms with Crippen LogP contribution in [-0.2, 0) is 0 Å². The van der Waals surface area contributed by atoms with Crippen LogP contribution in [0.5, 0.6) is 5.75 Å². The number of halogens is 4.